The number of hydrogen-bond donors (Lipinski definition) is 1. The number of fused-ring (bicyclic) bond motifs is 3. The van der Waals surface area contributed by atoms with Gasteiger partial charge in [0.15, 0.2) is 0 Å². The molecule has 1 N–H and O–H groups in total. The number of para-hydroxylation sites is 3. The Morgan fingerprint density at radius 2 is 0.896 bits per heavy atom. The molecule has 0 aliphatic heterocycles. The SMILES string of the molecule is CC.CC.CC.CC.CC.CC.CCC.CCn1ccc2ccccc21.Cn1ccc2ccccc21.O=C=O.c1ccc2[nH]ccc2c1. The van der Waals surface area contributed by atoms with Gasteiger partial charge in [-0.25, -0.2) is 0 Å². The number of rotatable bonds is 1. The van der Waals surface area contributed by atoms with E-state index in [1.807, 2.05) is 101 Å². The number of hydrogen-bond acceptors (Lipinski definition) is 2. The lowest BCUT2D eigenvalue weighted by atomic mass is 10.2. The molecule has 270 valence electrons. The zero-order valence-corrected chi connectivity index (χ0v) is 33.5. The molecule has 3 aromatic heterocycles. The lowest BCUT2D eigenvalue weighted by Gasteiger charge is -1.98. The third-order valence-corrected chi connectivity index (χ3v) is 5.28. The summed E-state index contributed by atoms with van der Waals surface area (Å²) in [5.41, 5.74) is 3.83. The van der Waals surface area contributed by atoms with Gasteiger partial charge < -0.3 is 14.1 Å². The Morgan fingerprint density at radius 3 is 1.33 bits per heavy atom. The molecular formula is C43H71N3O2. The molecule has 6 rings (SSSR count). The van der Waals surface area contributed by atoms with E-state index in [1.54, 1.807) is 0 Å². The molecule has 0 saturated carbocycles. The molecule has 0 fully saturated rings. The van der Waals surface area contributed by atoms with Gasteiger partial charge in [0, 0.05) is 48.7 Å². The minimum Gasteiger partial charge on any atom is -0.361 e. The smallest absolute Gasteiger partial charge is 0.361 e. The lowest BCUT2D eigenvalue weighted by Crippen LogP contribution is -1.89. The second-order valence-electron chi connectivity index (χ2n) is 8.00. The summed E-state index contributed by atoms with van der Waals surface area (Å²) in [4.78, 5) is 19.4. The van der Waals surface area contributed by atoms with Crippen molar-refractivity contribution in [2.75, 3.05) is 0 Å². The molecule has 3 aromatic carbocycles. The van der Waals surface area contributed by atoms with E-state index >= 15 is 0 Å². The van der Waals surface area contributed by atoms with Crippen molar-refractivity contribution in [2.24, 2.45) is 7.05 Å². The third kappa shape index (κ3) is 23.1. The van der Waals surface area contributed by atoms with Gasteiger partial charge in [-0.1, -0.05) is 158 Å². The fourth-order valence-corrected chi connectivity index (χ4v) is 3.63. The Bertz CT molecular complexity index is 1440. The molecule has 6 aromatic rings. The number of carbonyl (C=O) groups excluding carboxylic acids is 2. The van der Waals surface area contributed by atoms with Gasteiger partial charge in [-0.05, 0) is 59.5 Å². The van der Waals surface area contributed by atoms with E-state index in [0.29, 0.717) is 0 Å². The molecule has 0 aliphatic carbocycles. The van der Waals surface area contributed by atoms with E-state index in [-0.39, 0.29) is 6.15 Å². The van der Waals surface area contributed by atoms with Gasteiger partial charge in [0.1, 0.15) is 0 Å². The van der Waals surface area contributed by atoms with Gasteiger partial charge in [-0.2, -0.15) is 9.59 Å². The highest BCUT2D eigenvalue weighted by Gasteiger charge is 1.95. The van der Waals surface area contributed by atoms with Crippen LogP contribution in [0.2, 0.25) is 0 Å². The summed E-state index contributed by atoms with van der Waals surface area (Å²) in [6.45, 7) is 31.5. The monoisotopic (exact) mass is 662 g/mol. The molecule has 0 spiro atoms. The average molecular weight is 662 g/mol. The standard InChI is InChI=1S/C10H11N.C9H9N.C8H7N.C3H8.6C2H6.CO2/c1-2-11-8-7-9-5-3-4-6-10(9)11;1-10-7-6-8-4-2-3-5-9(8)10;1-2-4-8-7(3-1)5-6-9-8;1-3-2;6*1-2;2-1-3/h3-8H,2H2,1H3;2-7H,1H3;1-6,9H;3H2,1-2H3;6*1-2H3;. The van der Waals surface area contributed by atoms with Crippen LogP contribution in [0.1, 0.15) is 110 Å². The Morgan fingerprint density at radius 1 is 0.521 bits per heavy atom. The summed E-state index contributed by atoms with van der Waals surface area (Å²) in [5, 5.41) is 3.91. The first-order chi connectivity index (χ1) is 23.6. The summed E-state index contributed by atoms with van der Waals surface area (Å²) < 4.78 is 4.37. The molecule has 0 bridgehead atoms. The molecule has 5 heteroatoms. The van der Waals surface area contributed by atoms with E-state index < -0.39 is 0 Å². The van der Waals surface area contributed by atoms with Crippen LogP contribution < -0.4 is 0 Å². The van der Waals surface area contributed by atoms with E-state index in [1.165, 1.54) is 39.1 Å². The van der Waals surface area contributed by atoms with Crippen LogP contribution in [0.4, 0.5) is 0 Å². The quantitative estimate of drug-likeness (QED) is 0.191. The lowest BCUT2D eigenvalue weighted by molar-refractivity contribution is -0.191. The molecule has 5 nitrogen and oxygen atoms in total. The predicted octanol–water partition coefficient (Wildman–Crippen LogP) is 14.0. The van der Waals surface area contributed by atoms with Gasteiger partial charge in [0.25, 0.3) is 0 Å². The molecule has 0 atom stereocenters. The first-order valence-corrected chi connectivity index (χ1v) is 18.1. The molecule has 48 heavy (non-hydrogen) atoms. The van der Waals surface area contributed by atoms with Crippen LogP contribution in [0, 0.1) is 0 Å². The summed E-state index contributed by atoms with van der Waals surface area (Å²) in [6, 6.07) is 31.4. The maximum Gasteiger partial charge on any atom is 0.373 e. The molecule has 3 heterocycles. The molecule has 0 unspecified atom stereocenters. The van der Waals surface area contributed by atoms with Crippen LogP contribution in [-0.4, -0.2) is 20.3 Å². The van der Waals surface area contributed by atoms with Crippen molar-refractivity contribution >= 4 is 38.9 Å². The fourth-order valence-electron chi connectivity index (χ4n) is 3.63. The highest BCUT2D eigenvalue weighted by atomic mass is 16.2. The molecule has 0 aliphatic rings. The van der Waals surface area contributed by atoms with Crippen molar-refractivity contribution in [3.63, 3.8) is 0 Å². The van der Waals surface area contributed by atoms with E-state index in [4.69, 9.17) is 9.59 Å². The highest BCUT2D eigenvalue weighted by Crippen LogP contribution is 2.14. The third-order valence-electron chi connectivity index (χ3n) is 5.28. The number of nitrogens with one attached hydrogen (secondary N) is 1. The van der Waals surface area contributed by atoms with Gasteiger partial charge in [-0.15, -0.1) is 0 Å². The van der Waals surface area contributed by atoms with Gasteiger partial charge >= 0.3 is 6.15 Å². The Balaban J connectivity index is -0.000000156. The zero-order chi connectivity index (χ0) is 38.2. The maximum absolute atomic E-state index is 8.12. The van der Waals surface area contributed by atoms with Crippen LogP contribution >= 0.6 is 0 Å². The summed E-state index contributed by atoms with van der Waals surface area (Å²) in [5.74, 6) is 0. The van der Waals surface area contributed by atoms with E-state index in [2.05, 4.69) is 133 Å². The minimum atomic E-state index is 0.250. The molecule has 0 saturated heterocycles. The van der Waals surface area contributed by atoms with Crippen molar-refractivity contribution in [3.8, 4) is 0 Å². The molecule has 0 amide bonds. The topological polar surface area (TPSA) is 59.8 Å². The second-order valence-corrected chi connectivity index (χ2v) is 8.00. The van der Waals surface area contributed by atoms with Crippen LogP contribution in [0.5, 0.6) is 0 Å². The summed E-state index contributed by atoms with van der Waals surface area (Å²) in [7, 11) is 2.06. The van der Waals surface area contributed by atoms with Crippen molar-refractivity contribution < 1.29 is 9.59 Å². The highest BCUT2D eigenvalue weighted by molar-refractivity contribution is 5.80. The van der Waals surface area contributed by atoms with Crippen molar-refractivity contribution in [3.05, 3.63) is 110 Å². The Labute approximate surface area is 295 Å². The van der Waals surface area contributed by atoms with E-state index in [0.717, 1.165) is 6.54 Å². The van der Waals surface area contributed by atoms with Crippen LogP contribution in [0.15, 0.2) is 110 Å². The van der Waals surface area contributed by atoms with Crippen molar-refractivity contribution in [2.45, 2.75) is 117 Å². The van der Waals surface area contributed by atoms with Crippen LogP contribution in [-0.2, 0) is 23.2 Å². The minimum absolute atomic E-state index is 0.250. The number of aryl methyl sites for hydroxylation is 2. The molecular weight excluding hydrogens is 590 g/mol. The van der Waals surface area contributed by atoms with Gasteiger partial charge in [-0.3, -0.25) is 0 Å². The maximum atomic E-state index is 8.12. The number of nitrogens with zero attached hydrogens (tertiary/aromatic N) is 2. The first kappa shape index (κ1) is 53.2. The Kier molecular flexibility index (Phi) is 47.2. The first-order valence-electron chi connectivity index (χ1n) is 18.1. The van der Waals surface area contributed by atoms with Gasteiger partial charge in [0.05, 0.1) is 0 Å². The predicted molar refractivity (Wildman–Crippen MR) is 218 cm³/mol. The van der Waals surface area contributed by atoms with Crippen molar-refractivity contribution in [1.29, 1.82) is 0 Å². The number of aromatic amines is 1. The number of aromatic nitrogens is 3. The van der Waals surface area contributed by atoms with Crippen LogP contribution in [0.3, 0.4) is 0 Å². The number of benzene rings is 3. The normalized spacial score (nSPS) is 7.83. The van der Waals surface area contributed by atoms with E-state index in [9.17, 15) is 0 Å². The molecule has 0 radical (unpaired) electrons. The van der Waals surface area contributed by atoms with Gasteiger partial charge in [0.2, 0.25) is 0 Å². The second kappa shape index (κ2) is 42.7. The largest absolute Gasteiger partial charge is 0.373 e. The zero-order valence-electron chi connectivity index (χ0n) is 33.5. The van der Waals surface area contributed by atoms with Crippen LogP contribution in [0.25, 0.3) is 32.7 Å². The summed E-state index contributed by atoms with van der Waals surface area (Å²) in [6.07, 6.45) is 7.65. The Hall–Kier alpha value is -4.34. The average Bonchev–Trinajstić information content (AvgIpc) is 3.93. The van der Waals surface area contributed by atoms with Crippen molar-refractivity contribution in [1.82, 2.24) is 14.1 Å². The summed E-state index contributed by atoms with van der Waals surface area (Å²) >= 11 is 0. The fraction of sp³-hybridized carbons (Fsp3) is 0.419. The number of H-pyrrole nitrogens is 1.